The first-order chi connectivity index (χ1) is 8.91. The standard InChI is InChI=1S/C13H19N3O3/c1-13(2,11(14)16-18)12(17)15-10-6-4-5-9(7-10)8-19-3/h4-7,18H,8H2,1-3H3,(H2,14,16)(H,15,17). The molecule has 0 aliphatic heterocycles. The smallest absolute Gasteiger partial charge is 0.237 e. The van der Waals surface area contributed by atoms with E-state index in [4.69, 9.17) is 15.7 Å². The Hall–Kier alpha value is -2.08. The Kier molecular flexibility index (Phi) is 4.88. The molecule has 1 aromatic rings. The van der Waals surface area contributed by atoms with Gasteiger partial charge in [-0.1, -0.05) is 17.3 Å². The van der Waals surface area contributed by atoms with Gasteiger partial charge in [0.05, 0.1) is 6.61 Å². The van der Waals surface area contributed by atoms with E-state index in [2.05, 4.69) is 10.5 Å². The summed E-state index contributed by atoms with van der Waals surface area (Å²) in [6, 6.07) is 7.29. The number of amidine groups is 1. The maximum Gasteiger partial charge on any atom is 0.237 e. The minimum absolute atomic E-state index is 0.141. The molecule has 0 bridgehead atoms. The molecule has 0 aromatic heterocycles. The van der Waals surface area contributed by atoms with Crippen molar-refractivity contribution in [3.63, 3.8) is 0 Å². The molecule has 0 aliphatic carbocycles. The van der Waals surface area contributed by atoms with Crippen molar-refractivity contribution in [2.75, 3.05) is 12.4 Å². The topological polar surface area (TPSA) is 96.9 Å². The first-order valence-electron chi connectivity index (χ1n) is 5.79. The van der Waals surface area contributed by atoms with Gasteiger partial charge >= 0.3 is 0 Å². The van der Waals surface area contributed by atoms with Gasteiger partial charge in [-0.2, -0.15) is 0 Å². The van der Waals surface area contributed by atoms with Crippen LogP contribution in [0, 0.1) is 5.41 Å². The van der Waals surface area contributed by atoms with Crippen LogP contribution in [0.25, 0.3) is 0 Å². The largest absolute Gasteiger partial charge is 0.409 e. The van der Waals surface area contributed by atoms with Crippen LogP contribution in [0.5, 0.6) is 0 Å². The lowest BCUT2D eigenvalue weighted by Gasteiger charge is -2.21. The lowest BCUT2D eigenvalue weighted by molar-refractivity contribution is -0.121. The van der Waals surface area contributed by atoms with Gasteiger partial charge in [0, 0.05) is 12.8 Å². The van der Waals surface area contributed by atoms with Crippen LogP contribution in [0.15, 0.2) is 29.4 Å². The van der Waals surface area contributed by atoms with E-state index in [1.807, 2.05) is 18.2 Å². The lowest BCUT2D eigenvalue weighted by atomic mass is 9.91. The second-order valence-corrected chi connectivity index (χ2v) is 4.70. The number of oxime groups is 1. The number of nitrogens with two attached hydrogens (primary N) is 1. The predicted octanol–water partition coefficient (Wildman–Crippen LogP) is 1.54. The van der Waals surface area contributed by atoms with Crippen LogP contribution in [0.2, 0.25) is 0 Å². The molecular formula is C13H19N3O3. The van der Waals surface area contributed by atoms with Crippen LogP contribution in [-0.2, 0) is 16.1 Å². The molecular weight excluding hydrogens is 246 g/mol. The highest BCUT2D eigenvalue weighted by atomic mass is 16.5. The average molecular weight is 265 g/mol. The van der Waals surface area contributed by atoms with E-state index < -0.39 is 5.41 Å². The number of hydrogen-bond acceptors (Lipinski definition) is 4. The molecule has 0 unspecified atom stereocenters. The normalized spacial score (nSPS) is 12.3. The number of carbonyl (C=O) groups is 1. The maximum atomic E-state index is 12.1. The highest BCUT2D eigenvalue weighted by Crippen LogP contribution is 2.19. The van der Waals surface area contributed by atoms with E-state index in [-0.39, 0.29) is 11.7 Å². The SMILES string of the molecule is COCc1cccc(NC(=O)C(C)(C)C(N)=NO)c1. The minimum atomic E-state index is -1.09. The van der Waals surface area contributed by atoms with Gasteiger partial charge in [0.1, 0.15) is 5.41 Å². The Labute approximate surface area is 112 Å². The Morgan fingerprint density at radius 2 is 2.21 bits per heavy atom. The fourth-order valence-electron chi connectivity index (χ4n) is 1.43. The van der Waals surface area contributed by atoms with Gasteiger partial charge in [-0.3, -0.25) is 4.79 Å². The molecule has 104 valence electrons. The molecule has 19 heavy (non-hydrogen) atoms. The van der Waals surface area contributed by atoms with Crippen LogP contribution >= 0.6 is 0 Å². The Morgan fingerprint density at radius 3 is 2.79 bits per heavy atom. The molecule has 1 aromatic carbocycles. The molecule has 6 heteroatoms. The number of methoxy groups -OCH3 is 1. The quantitative estimate of drug-likeness (QED) is 0.325. The fraction of sp³-hybridized carbons (Fsp3) is 0.385. The van der Waals surface area contributed by atoms with Gasteiger partial charge in [0.15, 0.2) is 5.84 Å². The van der Waals surface area contributed by atoms with Gasteiger partial charge in [-0.25, -0.2) is 0 Å². The number of ether oxygens (including phenoxy) is 1. The van der Waals surface area contributed by atoms with Crippen molar-refractivity contribution in [2.45, 2.75) is 20.5 Å². The molecule has 1 rings (SSSR count). The van der Waals surface area contributed by atoms with E-state index >= 15 is 0 Å². The summed E-state index contributed by atoms with van der Waals surface area (Å²) in [4.78, 5) is 12.1. The summed E-state index contributed by atoms with van der Waals surface area (Å²) in [5.41, 5.74) is 5.99. The monoisotopic (exact) mass is 265 g/mol. The van der Waals surface area contributed by atoms with Crippen molar-refractivity contribution in [2.24, 2.45) is 16.3 Å². The summed E-state index contributed by atoms with van der Waals surface area (Å²) in [5, 5.41) is 14.3. The van der Waals surface area contributed by atoms with Crippen LogP contribution < -0.4 is 11.1 Å². The van der Waals surface area contributed by atoms with Crippen LogP contribution in [0.1, 0.15) is 19.4 Å². The number of benzene rings is 1. The highest BCUT2D eigenvalue weighted by molar-refractivity contribution is 6.11. The Bertz CT molecular complexity index is 484. The van der Waals surface area contributed by atoms with Gasteiger partial charge in [0.25, 0.3) is 0 Å². The molecule has 1 amide bonds. The van der Waals surface area contributed by atoms with E-state index in [1.165, 1.54) is 0 Å². The molecule has 4 N–H and O–H groups in total. The van der Waals surface area contributed by atoms with Crippen LogP contribution in [0.4, 0.5) is 5.69 Å². The van der Waals surface area contributed by atoms with Gasteiger partial charge in [-0.15, -0.1) is 0 Å². The van der Waals surface area contributed by atoms with E-state index in [0.29, 0.717) is 12.3 Å². The molecule has 0 radical (unpaired) electrons. The van der Waals surface area contributed by atoms with Crippen molar-refractivity contribution in [3.05, 3.63) is 29.8 Å². The third kappa shape index (κ3) is 3.69. The number of carbonyl (C=O) groups excluding carboxylic acids is 1. The number of anilines is 1. The van der Waals surface area contributed by atoms with Crippen molar-refractivity contribution in [3.8, 4) is 0 Å². The Balaban J connectivity index is 2.85. The molecule has 0 heterocycles. The summed E-state index contributed by atoms with van der Waals surface area (Å²) in [6.45, 7) is 3.63. The van der Waals surface area contributed by atoms with Crippen molar-refractivity contribution < 1.29 is 14.7 Å². The maximum absolute atomic E-state index is 12.1. The summed E-state index contributed by atoms with van der Waals surface area (Å²) >= 11 is 0. The molecule has 0 saturated heterocycles. The zero-order valence-electron chi connectivity index (χ0n) is 11.3. The third-order valence-corrected chi connectivity index (χ3v) is 2.81. The zero-order valence-corrected chi connectivity index (χ0v) is 11.3. The average Bonchev–Trinajstić information content (AvgIpc) is 2.38. The van der Waals surface area contributed by atoms with E-state index in [0.717, 1.165) is 5.56 Å². The second kappa shape index (κ2) is 6.19. The summed E-state index contributed by atoms with van der Waals surface area (Å²) in [6.07, 6.45) is 0. The van der Waals surface area contributed by atoms with E-state index in [9.17, 15) is 4.79 Å². The molecule has 0 aliphatic rings. The zero-order chi connectivity index (χ0) is 14.5. The third-order valence-electron chi connectivity index (χ3n) is 2.81. The molecule has 0 fully saturated rings. The number of amides is 1. The van der Waals surface area contributed by atoms with E-state index in [1.54, 1.807) is 27.0 Å². The molecule has 0 atom stereocenters. The predicted molar refractivity (Wildman–Crippen MR) is 73.0 cm³/mol. The lowest BCUT2D eigenvalue weighted by Crippen LogP contribution is -2.42. The van der Waals surface area contributed by atoms with Crippen LogP contribution in [-0.4, -0.2) is 24.1 Å². The number of hydrogen-bond donors (Lipinski definition) is 3. The van der Waals surface area contributed by atoms with Crippen LogP contribution in [0.3, 0.4) is 0 Å². The van der Waals surface area contributed by atoms with Crippen molar-refractivity contribution in [1.29, 1.82) is 0 Å². The Morgan fingerprint density at radius 1 is 1.53 bits per heavy atom. The first-order valence-corrected chi connectivity index (χ1v) is 5.79. The molecule has 0 saturated carbocycles. The molecule has 6 nitrogen and oxygen atoms in total. The van der Waals surface area contributed by atoms with Crippen molar-refractivity contribution >= 4 is 17.4 Å². The summed E-state index contributed by atoms with van der Waals surface area (Å²) < 4.78 is 5.03. The highest BCUT2D eigenvalue weighted by Gasteiger charge is 2.32. The van der Waals surface area contributed by atoms with Gasteiger partial charge < -0.3 is 21.0 Å². The van der Waals surface area contributed by atoms with Crippen molar-refractivity contribution in [1.82, 2.24) is 0 Å². The number of nitrogens with one attached hydrogen (secondary N) is 1. The van der Waals surface area contributed by atoms with Gasteiger partial charge in [-0.05, 0) is 31.5 Å². The minimum Gasteiger partial charge on any atom is -0.409 e. The summed E-state index contributed by atoms with van der Waals surface area (Å²) in [5.74, 6) is -0.490. The number of nitrogens with zero attached hydrogens (tertiary/aromatic N) is 1. The first kappa shape index (κ1) is 15.0. The fourth-order valence-corrected chi connectivity index (χ4v) is 1.43. The summed E-state index contributed by atoms with van der Waals surface area (Å²) in [7, 11) is 1.60. The number of rotatable bonds is 5. The van der Waals surface area contributed by atoms with Gasteiger partial charge in [0.2, 0.25) is 5.91 Å². The molecule has 0 spiro atoms. The second-order valence-electron chi connectivity index (χ2n) is 4.70.